The lowest BCUT2D eigenvalue weighted by Crippen LogP contribution is -2.33. The SMILES string of the molecule is O=C(NCCN1CC2CC(c3ccc(Cl)s3)C2C1)c1sccc1Cl. The fourth-order valence-corrected chi connectivity index (χ4v) is 6.21. The zero-order valence-corrected chi connectivity index (χ0v) is 16.1. The molecule has 0 aromatic carbocycles. The number of carbonyl (C=O) groups excluding carboxylic acids is 1. The van der Waals surface area contributed by atoms with Crippen LogP contribution >= 0.6 is 45.9 Å². The summed E-state index contributed by atoms with van der Waals surface area (Å²) in [4.78, 5) is 16.6. The Bertz CT molecular complexity index is 745. The van der Waals surface area contributed by atoms with Crippen molar-refractivity contribution in [1.29, 1.82) is 0 Å². The number of amides is 1. The van der Waals surface area contributed by atoms with Crippen molar-refractivity contribution in [3.8, 4) is 0 Å². The molecule has 1 aliphatic heterocycles. The number of nitrogens with zero attached hydrogens (tertiary/aromatic N) is 1. The second kappa shape index (κ2) is 6.96. The smallest absolute Gasteiger partial charge is 0.262 e. The molecule has 1 saturated heterocycles. The normalized spacial score (nSPS) is 26.2. The Morgan fingerprint density at radius 3 is 2.88 bits per heavy atom. The van der Waals surface area contributed by atoms with Crippen LogP contribution in [0.1, 0.15) is 26.9 Å². The van der Waals surface area contributed by atoms with Crippen LogP contribution in [0.2, 0.25) is 9.36 Å². The number of hydrogen-bond acceptors (Lipinski definition) is 4. The van der Waals surface area contributed by atoms with E-state index in [1.165, 1.54) is 22.6 Å². The Morgan fingerprint density at radius 1 is 1.29 bits per heavy atom. The zero-order valence-electron chi connectivity index (χ0n) is 13.0. The number of hydrogen-bond donors (Lipinski definition) is 1. The first-order valence-electron chi connectivity index (χ1n) is 8.10. The number of thiophene rings is 2. The first-order chi connectivity index (χ1) is 11.6. The molecule has 1 saturated carbocycles. The molecule has 0 bridgehead atoms. The van der Waals surface area contributed by atoms with Gasteiger partial charge in [-0.1, -0.05) is 23.2 Å². The van der Waals surface area contributed by atoms with Crippen molar-refractivity contribution < 1.29 is 4.79 Å². The van der Waals surface area contributed by atoms with Gasteiger partial charge in [0, 0.05) is 31.1 Å². The molecule has 128 valence electrons. The third-order valence-corrected chi connectivity index (χ3v) is 7.84. The minimum atomic E-state index is -0.0664. The average molecular weight is 401 g/mol. The topological polar surface area (TPSA) is 32.3 Å². The molecule has 2 aromatic heterocycles. The highest BCUT2D eigenvalue weighted by Crippen LogP contribution is 2.52. The van der Waals surface area contributed by atoms with Crippen molar-refractivity contribution in [2.24, 2.45) is 11.8 Å². The van der Waals surface area contributed by atoms with Crippen molar-refractivity contribution >= 4 is 51.8 Å². The van der Waals surface area contributed by atoms with E-state index in [1.54, 1.807) is 17.4 Å². The van der Waals surface area contributed by atoms with Crippen LogP contribution in [0, 0.1) is 11.8 Å². The number of halogens is 2. The monoisotopic (exact) mass is 400 g/mol. The zero-order chi connectivity index (χ0) is 16.7. The highest BCUT2D eigenvalue weighted by atomic mass is 35.5. The van der Waals surface area contributed by atoms with Crippen LogP contribution in [0.15, 0.2) is 23.6 Å². The fourth-order valence-electron chi connectivity index (χ4n) is 3.90. The van der Waals surface area contributed by atoms with Gasteiger partial charge in [0.15, 0.2) is 0 Å². The molecule has 0 spiro atoms. The van der Waals surface area contributed by atoms with Gasteiger partial charge >= 0.3 is 0 Å². The highest BCUT2D eigenvalue weighted by Gasteiger charge is 2.47. The van der Waals surface area contributed by atoms with Crippen molar-refractivity contribution in [2.75, 3.05) is 26.2 Å². The molecule has 0 radical (unpaired) electrons. The Kier molecular flexibility index (Phi) is 4.89. The van der Waals surface area contributed by atoms with Gasteiger partial charge in [0.25, 0.3) is 5.91 Å². The summed E-state index contributed by atoms with van der Waals surface area (Å²) in [5.74, 6) is 2.17. The van der Waals surface area contributed by atoms with Crippen molar-refractivity contribution in [3.63, 3.8) is 0 Å². The van der Waals surface area contributed by atoms with E-state index in [0.717, 1.165) is 35.8 Å². The van der Waals surface area contributed by atoms with Gasteiger partial charge < -0.3 is 10.2 Å². The maximum Gasteiger partial charge on any atom is 0.262 e. The number of carbonyl (C=O) groups is 1. The lowest BCUT2D eigenvalue weighted by molar-refractivity contribution is 0.0954. The van der Waals surface area contributed by atoms with E-state index in [9.17, 15) is 4.79 Å². The van der Waals surface area contributed by atoms with Gasteiger partial charge in [0.1, 0.15) is 4.88 Å². The molecule has 4 rings (SSSR count). The predicted octanol–water partition coefficient (Wildman–Crippen LogP) is 4.58. The second-order valence-electron chi connectivity index (χ2n) is 6.52. The van der Waals surface area contributed by atoms with E-state index in [0.29, 0.717) is 22.4 Å². The molecule has 3 atom stereocenters. The molecule has 3 unspecified atom stereocenters. The van der Waals surface area contributed by atoms with Crippen LogP contribution in [0.4, 0.5) is 0 Å². The van der Waals surface area contributed by atoms with Gasteiger partial charge in [-0.05, 0) is 47.8 Å². The molecule has 1 N–H and O–H groups in total. The summed E-state index contributed by atoms with van der Waals surface area (Å²) < 4.78 is 0.887. The summed E-state index contributed by atoms with van der Waals surface area (Å²) >= 11 is 15.2. The predicted molar refractivity (Wildman–Crippen MR) is 102 cm³/mol. The van der Waals surface area contributed by atoms with E-state index < -0.39 is 0 Å². The highest BCUT2D eigenvalue weighted by molar-refractivity contribution is 7.16. The summed E-state index contributed by atoms with van der Waals surface area (Å²) in [6.45, 7) is 3.85. The van der Waals surface area contributed by atoms with E-state index in [1.807, 2.05) is 11.4 Å². The summed E-state index contributed by atoms with van der Waals surface area (Å²) in [6.07, 6.45) is 1.27. The van der Waals surface area contributed by atoms with E-state index in [4.69, 9.17) is 23.2 Å². The molecule has 3 nitrogen and oxygen atoms in total. The Hall–Kier alpha value is -0.590. The van der Waals surface area contributed by atoms with Crippen LogP contribution in [0.25, 0.3) is 0 Å². The van der Waals surface area contributed by atoms with Gasteiger partial charge in [-0.25, -0.2) is 0 Å². The van der Waals surface area contributed by atoms with Crippen molar-refractivity contribution in [2.45, 2.75) is 12.3 Å². The number of nitrogens with one attached hydrogen (secondary N) is 1. The molecule has 3 heterocycles. The largest absolute Gasteiger partial charge is 0.350 e. The van der Waals surface area contributed by atoms with Crippen LogP contribution in [-0.2, 0) is 0 Å². The van der Waals surface area contributed by atoms with E-state index in [-0.39, 0.29) is 5.91 Å². The van der Waals surface area contributed by atoms with Crippen LogP contribution in [0.5, 0.6) is 0 Å². The maximum atomic E-state index is 12.1. The quantitative estimate of drug-likeness (QED) is 0.795. The minimum Gasteiger partial charge on any atom is -0.350 e. The van der Waals surface area contributed by atoms with Gasteiger partial charge in [0.05, 0.1) is 9.36 Å². The Balaban J connectivity index is 1.25. The van der Waals surface area contributed by atoms with Crippen LogP contribution in [-0.4, -0.2) is 37.0 Å². The standard InChI is InChI=1S/C17H18Cl2N2OS2/c18-13-3-6-23-16(13)17(22)20-4-5-21-8-10-7-11(12(10)9-21)14-1-2-15(19)24-14/h1-3,6,10-12H,4-5,7-9H2,(H,20,22). The molecule has 1 aliphatic carbocycles. The third kappa shape index (κ3) is 3.25. The summed E-state index contributed by atoms with van der Waals surface area (Å²) in [5.41, 5.74) is 0. The van der Waals surface area contributed by atoms with Gasteiger partial charge in [-0.3, -0.25) is 4.79 Å². The Morgan fingerprint density at radius 2 is 2.17 bits per heavy atom. The number of fused-ring (bicyclic) bond motifs is 1. The van der Waals surface area contributed by atoms with Gasteiger partial charge in [-0.15, -0.1) is 22.7 Å². The molecule has 2 fully saturated rings. The lowest BCUT2D eigenvalue weighted by Gasteiger charge is -2.39. The number of likely N-dealkylation sites (tertiary alicyclic amines) is 1. The molecule has 7 heteroatoms. The van der Waals surface area contributed by atoms with Crippen molar-refractivity contribution in [1.82, 2.24) is 10.2 Å². The average Bonchev–Trinajstić information content (AvgIpc) is 3.22. The third-order valence-electron chi connectivity index (χ3n) is 5.14. The second-order valence-corrected chi connectivity index (χ2v) is 9.59. The summed E-state index contributed by atoms with van der Waals surface area (Å²) in [7, 11) is 0. The number of rotatable bonds is 5. The van der Waals surface area contributed by atoms with Gasteiger partial charge in [-0.2, -0.15) is 0 Å². The Labute approximate surface area is 159 Å². The fraction of sp³-hybridized carbons (Fsp3) is 0.471. The summed E-state index contributed by atoms with van der Waals surface area (Å²) in [5, 5.41) is 5.35. The molecular weight excluding hydrogens is 383 g/mol. The lowest BCUT2D eigenvalue weighted by atomic mass is 9.66. The van der Waals surface area contributed by atoms with Crippen LogP contribution in [0.3, 0.4) is 0 Å². The first kappa shape index (κ1) is 16.9. The van der Waals surface area contributed by atoms with Crippen LogP contribution < -0.4 is 5.32 Å². The van der Waals surface area contributed by atoms with E-state index in [2.05, 4.69) is 16.3 Å². The van der Waals surface area contributed by atoms with Gasteiger partial charge in [0.2, 0.25) is 0 Å². The molecule has 2 aromatic rings. The first-order valence-corrected chi connectivity index (χ1v) is 10.6. The molecular formula is C17H18Cl2N2OS2. The molecule has 1 amide bonds. The van der Waals surface area contributed by atoms with Crippen molar-refractivity contribution in [3.05, 3.63) is 42.7 Å². The van der Waals surface area contributed by atoms with E-state index >= 15 is 0 Å². The molecule has 2 aliphatic rings. The summed E-state index contributed by atoms with van der Waals surface area (Å²) in [6, 6.07) is 5.95. The minimum absolute atomic E-state index is 0.0664. The molecule has 24 heavy (non-hydrogen) atoms. The maximum absolute atomic E-state index is 12.1.